The van der Waals surface area contributed by atoms with Crippen LogP contribution in [0.15, 0.2) is 54.1 Å². The Kier molecular flexibility index (Phi) is 6.63. The van der Waals surface area contributed by atoms with Crippen LogP contribution in [-0.2, 0) is 14.3 Å². The lowest BCUT2D eigenvalue weighted by Crippen LogP contribution is -2.33. The van der Waals surface area contributed by atoms with Crippen molar-refractivity contribution < 1.29 is 34.6 Å². The summed E-state index contributed by atoms with van der Waals surface area (Å²) in [6.45, 7) is -0.0964. The second kappa shape index (κ2) is 9.37. The van der Waals surface area contributed by atoms with Crippen molar-refractivity contribution in [3.63, 3.8) is 0 Å². The number of carbonyl (C=O) groups is 2. The maximum absolute atomic E-state index is 12.8. The van der Waals surface area contributed by atoms with Gasteiger partial charge in [-0.1, -0.05) is 12.1 Å². The first-order chi connectivity index (χ1) is 14.8. The SMILES string of the molecule is O=C1C(=O)N(CCOCCO)[C@H](c2cccc(O)c2)C1=C(O)c1ccc([N+](=O)[O-])cc1. The van der Waals surface area contributed by atoms with E-state index in [0.717, 1.165) is 0 Å². The maximum atomic E-state index is 12.8. The topological polar surface area (TPSA) is 150 Å². The van der Waals surface area contributed by atoms with Gasteiger partial charge in [0.1, 0.15) is 11.5 Å². The molecule has 0 radical (unpaired) electrons. The van der Waals surface area contributed by atoms with Gasteiger partial charge in [-0.25, -0.2) is 0 Å². The second-order valence-corrected chi connectivity index (χ2v) is 6.73. The number of nitrogens with zero attached hydrogens (tertiary/aromatic N) is 2. The Balaban J connectivity index is 2.06. The van der Waals surface area contributed by atoms with Gasteiger partial charge in [0.2, 0.25) is 0 Å². The van der Waals surface area contributed by atoms with Gasteiger partial charge in [-0.2, -0.15) is 0 Å². The molecule has 0 saturated carbocycles. The van der Waals surface area contributed by atoms with Crippen molar-refractivity contribution in [2.45, 2.75) is 6.04 Å². The molecule has 31 heavy (non-hydrogen) atoms. The molecule has 1 heterocycles. The largest absolute Gasteiger partial charge is 0.508 e. The second-order valence-electron chi connectivity index (χ2n) is 6.73. The summed E-state index contributed by atoms with van der Waals surface area (Å²) in [6, 6.07) is 9.86. The lowest BCUT2D eigenvalue weighted by molar-refractivity contribution is -0.384. The number of rotatable bonds is 8. The number of nitro groups is 1. The molecule has 3 N–H and O–H groups in total. The number of aliphatic hydroxyl groups is 2. The van der Waals surface area contributed by atoms with Crippen LogP contribution in [0, 0.1) is 10.1 Å². The molecule has 0 aliphatic carbocycles. The van der Waals surface area contributed by atoms with E-state index in [1.807, 2.05) is 0 Å². The number of aromatic hydroxyl groups is 1. The molecular weight excluding hydrogens is 408 g/mol. The Morgan fingerprint density at radius 3 is 2.45 bits per heavy atom. The van der Waals surface area contributed by atoms with Gasteiger partial charge in [0, 0.05) is 24.2 Å². The monoisotopic (exact) mass is 428 g/mol. The van der Waals surface area contributed by atoms with E-state index in [-0.39, 0.29) is 48.9 Å². The van der Waals surface area contributed by atoms with Gasteiger partial charge in [0.25, 0.3) is 17.4 Å². The number of likely N-dealkylation sites (tertiary alicyclic amines) is 1. The number of hydrogen-bond donors (Lipinski definition) is 3. The first-order valence-corrected chi connectivity index (χ1v) is 9.36. The van der Waals surface area contributed by atoms with Crippen LogP contribution in [-0.4, -0.2) is 63.2 Å². The highest BCUT2D eigenvalue weighted by Gasteiger charge is 2.46. The molecule has 2 aromatic carbocycles. The number of ether oxygens (including phenoxy) is 1. The lowest BCUT2D eigenvalue weighted by Gasteiger charge is -2.25. The number of non-ortho nitro benzene ring substituents is 1. The molecule has 0 bridgehead atoms. The first kappa shape index (κ1) is 21.9. The summed E-state index contributed by atoms with van der Waals surface area (Å²) < 4.78 is 5.21. The molecule has 10 nitrogen and oxygen atoms in total. The summed E-state index contributed by atoms with van der Waals surface area (Å²) in [7, 11) is 0. The molecule has 0 unspecified atom stereocenters. The fraction of sp³-hybridized carbons (Fsp3) is 0.238. The van der Waals surface area contributed by atoms with Gasteiger partial charge >= 0.3 is 0 Å². The van der Waals surface area contributed by atoms with Crippen LogP contribution >= 0.6 is 0 Å². The molecule has 10 heteroatoms. The molecule has 1 saturated heterocycles. The standard InChI is InChI=1S/C21H20N2O8/c24-9-11-31-10-8-22-18(14-2-1-3-16(25)12-14)17(20(27)21(22)28)19(26)13-4-6-15(7-5-13)23(29)30/h1-7,12,18,24-26H,8-11H2/t18-/m1/s1. The number of carbonyl (C=O) groups excluding carboxylic acids is 2. The highest BCUT2D eigenvalue weighted by atomic mass is 16.6. The van der Waals surface area contributed by atoms with Crippen LogP contribution in [0.1, 0.15) is 17.2 Å². The number of aliphatic hydroxyl groups excluding tert-OH is 2. The molecule has 1 amide bonds. The predicted octanol–water partition coefficient (Wildman–Crippen LogP) is 1.73. The van der Waals surface area contributed by atoms with E-state index in [9.17, 15) is 29.9 Å². The number of ketones is 1. The van der Waals surface area contributed by atoms with Crippen LogP contribution in [0.5, 0.6) is 5.75 Å². The Labute approximate surface area is 176 Å². The minimum Gasteiger partial charge on any atom is -0.508 e. The highest BCUT2D eigenvalue weighted by molar-refractivity contribution is 6.46. The minimum absolute atomic E-state index is 0.00192. The van der Waals surface area contributed by atoms with Crippen LogP contribution in [0.2, 0.25) is 0 Å². The van der Waals surface area contributed by atoms with Gasteiger partial charge in [0.15, 0.2) is 0 Å². The van der Waals surface area contributed by atoms with E-state index in [0.29, 0.717) is 5.56 Å². The van der Waals surface area contributed by atoms with Crippen molar-refractivity contribution >= 4 is 23.1 Å². The Bertz CT molecular complexity index is 1030. The number of amides is 1. The van der Waals surface area contributed by atoms with Crippen molar-refractivity contribution in [1.82, 2.24) is 4.90 Å². The Hall–Kier alpha value is -3.76. The highest BCUT2D eigenvalue weighted by Crippen LogP contribution is 2.40. The van der Waals surface area contributed by atoms with E-state index >= 15 is 0 Å². The predicted molar refractivity (Wildman–Crippen MR) is 108 cm³/mol. The number of Topliss-reactive ketones (excluding diaryl/α,β-unsaturated/α-hetero) is 1. The van der Waals surface area contributed by atoms with Crippen molar-refractivity contribution in [2.75, 3.05) is 26.4 Å². The summed E-state index contributed by atoms with van der Waals surface area (Å²) >= 11 is 0. The molecule has 0 spiro atoms. The number of nitro benzene ring substituents is 1. The molecule has 1 aliphatic rings. The zero-order chi connectivity index (χ0) is 22.5. The number of hydrogen-bond acceptors (Lipinski definition) is 8. The first-order valence-electron chi connectivity index (χ1n) is 9.36. The molecule has 3 rings (SSSR count). The van der Waals surface area contributed by atoms with E-state index in [4.69, 9.17) is 9.84 Å². The fourth-order valence-electron chi connectivity index (χ4n) is 3.38. The zero-order valence-electron chi connectivity index (χ0n) is 16.3. The Morgan fingerprint density at radius 1 is 1.13 bits per heavy atom. The quantitative estimate of drug-likeness (QED) is 0.144. The molecule has 1 aliphatic heterocycles. The summed E-state index contributed by atoms with van der Waals surface area (Å²) in [6.07, 6.45) is 0. The van der Waals surface area contributed by atoms with Crippen LogP contribution in [0.25, 0.3) is 5.76 Å². The van der Waals surface area contributed by atoms with E-state index < -0.39 is 28.4 Å². The van der Waals surface area contributed by atoms with Gasteiger partial charge in [0.05, 0.1) is 36.4 Å². The summed E-state index contributed by atoms with van der Waals surface area (Å²) in [5, 5.41) is 40.4. The smallest absolute Gasteiger partial charge is 0.295 e. The third-order valence-electron chi connectivity index (χ3n) is 4.79. The molecule has 0 aromatic heterocycles. The average Bonchev–Trinajstić information content (AvgIpc) is 3.01. The van der Waals surface area contributed by atoms with Crippen molar-refractivity contribution in [3.05, 3.63) is 75.3 Å². The van der Waals surface area contributed by atoms with Crippen LogP contribution in [0.4, 0.5) is 5.69 Å². The third kappa shape index (κ3) is 4.55. The van der Waals surface area contributed by atoms with E-state index in [1.165, 1.54) is 41.3 Å². The Morgan fingerprint density at radius 2 is 1.84 bits per heavy atom. The number of phenols is 1. The maximum Gasteiger partial charge on any atom is 0.295 e. The lowest BCUT2D eigenvalue weighted by atomic mass is 9.95. The average molecular weight is 428 g/mol. The molecule has 1 atom stereocenters. The van der Waals surface area contributed by atoms with E-state index in [1.54, 1.807) is 12.1 Å². The summed E-state index contributed by atoms with van der Waals surface area (Å²) in [5.41, 5.74) is 0.129. The molecule has 1 fully saturated rings. The summed E-state index contributed by atoms with van der Waals surface area (Å²) in [5.74, 6) is -2.36. The van der Waals surface area contributed by atoms with Crippen molar-refractivity contribution in [3.8, 4) is 5.75 Å². The zero-order valence-corrected chi connectivity index (χ0v) is 16.3. The minimum atomic E-state index is -1.000. The molecule has 162 valence electrons. The normalized spacial score (nSPS) is 17.8. The number of phenolic OH excluding ortho intramolecular Hbond substituents is 1. The third-order valence-corrected chi connectivity index (χ3v) is 4.79. The van der Waals surface area contributed by atoms with Gasteiger partial charge in [-0.15, -0.1) is 0 Å². The van der Waals surface area contributed by atoms with E-state index in [2.05, 4.69) is 0 Å². The molecular formula is C21H20N2O8. The molecule has 2 aromatic rings. The van der Waals surface area contributed by atoms with Crippen LogP contribution < -0.4 is 0 Å². The van der Waals surface area contributed by atoms with Gasteiger partial charge < -0.3 is 25.0 Å². The summed E-state index contributed by atoms with van der Waals surface area (Å²) in [4.78, 5) is 37.0. The van der Waals surface area contributed by atoms with Crippen molar-refractivity contribution in [2.24, 2.45) is 0 Å². The van der Waals surface area contributed by atoms with Gasteiger partial charge in [-0.3, -0.25) is 19.7 Å². The number of benzene rings is 2. The fourth-order valence-corrected chi connectivity index (χ4v) is 3.38. The van der Waals surface area contributed by atoms with Gasteiger partial charge in [-0.05, 0) is 29.8 Å². The van der Waals surface area contributed by atoms with Crippen LogP contribution in [0.3, 0.4) is 0 Å². The van der Waals surface area contributed by atoms with Crippen molar-refractivity contribution in [1.29, 1.82) is 0 Å².